The molecule has 0 radical (unpaired) electrons. The van der Waals surface area contributed by atoms with Crippen molar-refractivity contribution in [1.82, 2.24) is 9.78 Å². The normalized spacial score (nSPS) is 10.2. The molecule has 12 heavy (non-hydrogen) atoms. The van der Waals surface area contributed by atoms with Crippen molar-refractivity contribution >= 4 is 5.69 Å². The topological polar surface area (TPSA) is 84.1 Å². The zero-order valence-corrected chi connectivity index (χ0v) is 6.77. The van der Waals surface area contributed by atoms with Gasteiger partial charge < -0.3 is 9.84 Å². The van der Waals surface area contributed by atoms with Crippen molar-refractivity contribution in [2.45, 2.75) is 0 Å². The summed E-state index contributed by atoms with van der Waals surface area (Å²) in [7, 11) is 1.72. The average Bonchev–Trinajstić information content (AvgIpc) is 2.42. The number of rotatable bonds is 4. The monoisotopic (exact) mass is 174 g/mol. The van der Waals surface area contributed by atoms with Gasteiger partial charge in [-0.05, 0) is 0 Å². The third-order valence-corrected chi connectivity index (χ3v) is 1.29. The standard InChI is InChI=1S/C6H11N3O3/c1-9-4-5(8-11)6(7-9)12-3-2-10/h4,8,10-11H,2-3H2,1H3/p+1. The second-order valence-electron chi connectivity index (χ2n) is 2.26. The Morgan fingerprint density at radius 2 is 2.50 bits per heavy atom. The van der Waals surface area contributed by atoms with Gasteiger partial charge in [0.25, 0.3) is 5.88 Å². The maximum absolute atomic E-state index is 8.71. The van der Waals surface area contributed by atoms with Crippen LogP contribution in [-0.2, 0) is 7.05 Å². The molecule has 1 heterocycles. The fourth-order valence-electron chi connectivity index (χ4n) is 0.829. The number of hydrogen-bond acceptors (Lipinski definition) is 4. The Morgan fingerprint density at radius 1 is 1.75 bits per heavy atom. The van der Waals surface area contributed by atoms with E-state index in [0.717, 1.165) is 5.48 Å². The van der Waals surface area contributed by atoms with E-state index in [4.69, 9.17) is 15.1 Å². The smallest absolute Gasteiger partial charge is 0.298 e. The highest BCUT2D eigenvalue weighted by Gasteiger charge is 2.11. The van der Waals surface area contributed by atoms with Gasteiger partial charge in [0.1, 0.15) is 6.61 Å². The van der Waals surface area contributed by atoms with Gasteiger partial charge in [-0.25, -0.2) is 5.21 Å². The second kappa shape index (κ2) is 4.05. The van der Waals surface area contributed by atoms with Gasteiger partial charge in [-0.1, -0.05) is 0 Å². The average molecular weight is 174 g/mol. The Balaban J connectivity index is 2.68. The molecule has 6 nitrogen and oxygen atoms in total. The maximum Gasteiger partial charge on any atom is 0.298 e. The van der Waals surface area contributed by atoms with Gasteiger partial charge in [-0.2, -0.15) is 5.48 Å². The molecule has 4 N–H and O–H groups in total. The van der Waals surface area contributed by atoms with Crippen molar-refractivity contribution < 1.29 is 20.5 Å². The molecule has 0 amide bonds. The van der Waals surface area contributed by atoms with E-state index >= 15 is 0 Å². The van der Waals surface area contributed by atoms with Gasteiger partial charge in [-0.3, -0.25) is 4.68 Å². The fourth-order valence-corrected chi connectivity index (χ4v) is 0.829. The van der Waals surface area contributed by atoms with Gasteiger partial charge in [0.2, 0.25) is 5.69 Å². The van der Waals surface area contributed by atoms with Crippen LogP contribution in [0.2, 0.25) is 0 Å². The number of aliphatic hydroxyl groups excluding tert-OH is 1. The lowest BCUT2D eigenvalue weighted by Gasteiger charge is -1.98. The molecule has 1 aromatic rings. The molecule has 6 heteroatoms. The second-order valence-corrected chi connectivity index (χ2v) is 2.26. The first-order chi connectivity index (χ1) is 5.77. The minimum absolute atomic E-state index is 0.0680. The molecule has 0 fully saturated rings. The van der Waals surface area contributed by atoms with Crippen LogP contribution < -0.4 is 10.2 Å². The van der Waals surface area contributed by atoms with Gasteiger partial charge in [0, 0.05) is 7.05 Å². The quantitative estimate of drug-likeness (QED) is 0.479. The molecule has 1 rings (SSSR count). The molecule has 0 aliphatic carbocycles. The molecule has 0 aliphatic rings. The molecule has 0 spiro atoms. The summed E-state index contributed by atoms with van der Waals surface area (Å²) >= 11 is 0. The van der Waals surface area contributed by atoms with Crippen molar-refractivity contribution in [2.75, 3.05) is 13.2 Å². The van der Waals surface area contributed by atoms with E-state index in [1.165, 1.54) is 4.68 Å². The first-order valence-corrected chi connectivity index (χ1v) is 3.52. The summed E-state index contributed by atoms with van der Waals surface area (Å²) in [5, 5.41) is 21.1. The molecule has 0 bridgehead atoms. The minimum Gasteiger partial charge on any atom is -0.470 e. The highest BCUT2D eigenvalue weighted by atomic mass is 16.5. The van der Waals surface area contributed by atoms with Crippen LogP contribution in [-0.4, -0.2) is 33.3 Å². The number of ether oxygens (including phenoxy) is 1. The van der Waals surface area contributed by atoms with Gasteiger partial charge in [-0.15, -0.1) is 5.10 Å². The molecule has 68 valence electrons. The number of nitrogens with two attached hydrogens (primary N) is 1. The zero-order valence-electron chi connectivity index (χ0n) is 6.77. The Kier molecular flexibility index (Phi) is 3.03. The lowest BCUT2D eigenvalue weighted by Crippen LogP contribution is -2.73. The summed E-state index contributed by atoms with van der Waals surface area (Å²) in [6.07, 6.45) is 1.62. The number of aromatic nitrogens is 2. The molecule has 0 aromatic carbocycles. The molecular formula is C6H12N3O3+. The van der Waals surface area contributed by atoms with Crippen LogP contribution in [0.25, 0.3) is 0 Å². The molecule has 0 aliphatic heterocycles. The van der Waals surface area contributed by atoms with E-state index in [1.54, 1.807) is 13.2 Å². The van der Waals surface area contributed by atoms with Gasteiger partial charge in [0.05, 0.1) is 12.8 Å². The molecule has 0 saturated carbocycles. The van der Waals surface area contributed by atoms with Crippen LogP contribution in [0.1, 0.15) is 0 Å². The number of aliphatic hydroxyl groups is 1. The third kappa shape index (κ3) is 1.94. The largest absolute Gasteiger partial charge is 0.470 e. The van der Waals surface area contributed by atoms with Crippen molar-refractivity contribution in [3.8, 4) is 5.88 Å². The first kappa shape index (κ1) is 8.98. The van der Waals surface area contributed by atoms with E-state index in [2.05, 4.69) is 5.10 Å². The van der Waals surface area contributed by atoms with E-state index in [9.17, 15) is 0 Å². The van der Waals surface area contributed by atoms with E-state index in [1.807, 2.05) is 0 Å². The van der Waals surface area contributed by atoms with Crippen molar-refractivity contribution in [1.29, 1.82) is 0 Å². The van der Waals surface area contributed by atoms with Crippen molar-refractivity contribution in [2.24, 2.45) is 7.05 Å². The number of aryl methyl sites for hydroxylation is 1. The van der Waals surface area contributed by atoms with E-state index in [-0.39, 0.29) is 13.2 Å². The number of nitrogens with zero attached hydrogens (tertiary/aromatic N) is 2. The Hall–Kier alpha value is -1.11. The van der Waals surface area contributed by atoms with Gasteiger partial charge >= 0.3 is 0 Å². The van der Waals surface area contributed by atoms with Crippen LogP contribution in [0.3, 0.4) is 0 Å². The lowest BCUT2D eigenvalue weighted by atomic mass is 10.6. The highest BCUT2D eigenvalue weighted by molar-refractivity contribution is 5.36. The van der Waals surface area contributed by atoms with Crippen molar-refractivity contribution in [3.05, 3.63) is 6.20 Å². The number of quaternary nitrogens is 1. The third-order valence-electron chi connectivity index (χ3n) is 1.29. The first-order valence-electron chi connectivity index (χ1n) is 3.52. The fraction of sp³-hybridized carbons (Fsp3) is 0.500. The van der Waals surface area contributed by atoms with Crippen LogP contribution in [0.5, 0.6) is 5.88 Å². The summed E-state index contributed by atoms with van der Waals surface area (Å²) in [4.78, 5) is 0. The molecule has 0 atom stereocenters. The molecule has 0 unspecified atom stereocenters. The summed E-state index contributed by atoms with van der Waals surface area (Å²) in [6, 6.07) is 0. The van der Waals surface area contributed by atoms with Crippen molar-refractivity contribution in [3.63, 3.8) is 0 Å². The van der Waals surface area contributed by atoms with Crippen LogP contribution >= 0.6 is 0 Å². The Morgan fingerprint density at radius 3 is 3.08 bits per heavy atom. The van der Waals surface area contributed by atoms with E-state index < -0.39 is 0 Å². The van der Waals surface area contributed by atoms with Crippen LogP contribution in [0, 0.1) is 0 Å². The van der Waals surface area contributed by atoms with Crippen LogP contribution in [0.15, 0.2) is 6.20 Å². The van der Waals surface area contributed by atoms with Gasteiger partial charge in [0.15, 0.2) is 0 Å². The van der Waals surface area contributed by atoms with Crippen LogP contribution in [0.4, 0.5) is 5.69 Å². The molecule has 1 aromatic heterocycles. The summed E-state index contributed by atoms with van der Waals surface area (Å²) < 4.78 is 6.55. The Labute approximate surface area is 69.3 Å². The predicted octanol–water partition coefficient (Wildman–Crippen LogP) is -1.62. The minimum atomic E-state index is -0.0680. The predicted molar refractivity (Wildman–Crippen MR) is 39.2 cm³/mol. The van der Waals surface area contributed by atoms with E-state index in [0.29, 0.717) is 11.6 Å². The summed E-state index contributed by atoms with van der Waals surface area (Å²) in [6.45, 7) is 0.110. The molecule has 0 saturated heterocycles. The number of hydrogen-bond donors (Lipinski definition) is 3. The Bertz CT molecular complexity index is 248. The highest BCUT2D eigenvalue weighted by Crippen LogP contribution is 2.15. The maximum atomic E-state index is 8.71. The molecular weight excluding hydrogens is 162 g/mol. The zero-order chi connectivity index (χ0) is 8.97. The summed E-state index contributed by atoms with van der Waals surface area (Å²) in [5.74, 6) is 0.328. The summed E-state index contributed by atoms with van der Waals surface area (Å²) in [5.41, 5.74) is 1.42. The SMILES string of the molecule is Cn1cc([NH2+]O)c(OCCO)n1. The lowest BCUT2D eigenvalue weighted by molar-refractivity contribution is -0.826.